The Balaban J connectivity index is 1.60. The number of carbonyl (C=O) groups excluding carboxylic acids is 1. The van der Waals surface area contributed by atoms with Crippen LogP contribution in [-0.2, 0) is 18.4 Å². The van der Waals surface area contributed by atoms with Crippen LogP contribution in [0.3, 0.4) is 0 Å². The minimum Gasteiger partial charge on any atom is -0.354 e. The van der Waals surface area contributed by atoms with Gasteiger partial charge in [0.05, 0.1) is 29.8 Å². The fourth-order valence-electron chi connectivity index (χ4n) is 4.42. The molecule has 0 unspecified atom stereocenters. The molecule has 2 N–H and O–H groups in total. The summed E-state index contributed by atoms with van der Waals surface area (Å²) in [4.78, 5) is 17.4. The normalized spacial score (nSPS) is 14.1. The molecule has 4 aromatic rings. The van der Waals surface area contributed by atoms with Gasteiger partial charge in [0.2, 0.25) is 0 Å². The molecule has 3 aromatic carbocycles. The van der Waals surface area contributed by atoms with Gasteiger partial charge in [-0.2, -0.15) is 0 Å². The quantitative estimate of drug-likeness (QED) is 0.190. The van der Waals surface area contributed by atoms with Gasteiger partial charge in [0.25, 0.3) is 5.91 Å². The van der Waals surface area contributed by atoms with Crippen molar-refractivity contribution in [1.29, 1.82) is 0 Å². The van der Waals surface area contributed by atoms with Crippen LogP contribution >= 0.6 is 7.60 Å². The highest BCUT2D eigenvalue weighted by molar-refractivity contribution is 7.62. The summed E-state index contributed by atoms with van der Waals surface area (Å²) in [6.45, 7) is 4.01. The summed E-state index contributed by atoms with van der Waals surface area (Å²) in [6, 6.07) is 26.7. The molecular weight excluding hydrogens is 497 g/mol. The number of rotatable bonds is 9. The summed E-state index contributed by atoms with van der Waals surface area (Å²) in [5.41, 5.74) is 6.14. The first kappa shape index (κ1) is 25.6. The van der Waals surface area contributed by atoms with Gasteiger partial charge in [-0.1, -0.05) is 42.5 Å². The first-order chi connectivity index (χ1) is 18.5. The van der Waals surface area contributed by atoms with Crippen LogP contribution in [0.4, 0.5) is 11.4 Å². The van der Waals surface area contributed by atoms with Gasteiger partial charge in [0.1, 0.15) is 0 Å². The molecule has 1 aliphatic heterocycles. The van der Waals surface area contributed by atoms with Crippen molar-refractivity contribution in [2.24, 2.45) is 0 Å². The van der Waals surface area contributed by atoms with Crippen molar-refractivity contribution in [3.05, 3.63) is 108 Å². The van der Waals surface area contributed by atoms with Crippen molar-refractivity contribution in [3.63, 3.8) is 0 Å². The minimum atomic E-state index is -3.54. The Labute approximate surface area is 222 Å². The van der Waals surface area contributed by atoms with Crippen LogP contribution in [0.15, 0.2) is 97.3 Å². The Morgan fingerprint density at radius 1 is 0.868 bits per heavy atom. The topological polar surface area (TPSA) is 89.6 Å². The van der Waals surface area contributed by atoms with E-state index >= 15 is 0 Å². The molecule has 0 spiro atoms. The van der Waals surface area contributed by atoms with Crippen molar-refractivity contribution >= 4 is 41.5 Å². The van der Waals surface area contributed by atoms with Gasteiger partial charge in [-0.25, -0.2) is 0 Å². The largest absolute Gasteiger partial charge is 0.361 e. The summed E-state index contributed by atoms with van der Waals surface area (Å²) in [6.07, 6.45) is 3.53. The number of fused-ring (bicyclic) bond motifs is 1. The molecule has 7 nitrogen and oxygen atoms in total. The highest BCUT2D eigenvalue weighted by atomic mass is 31.2. The van der Waals surface area contributed by atoms with Crippen LogP contribution < -0.4 is 15.9 Å². The second-order valence-electron chi connectivity index (χ2n) is 8.57. The lowest BCUT2D eigenvalue weighted by Crippen LogP contribution is -2.12. The summed E-state index contributed by atoms with van der Waals surface area (Å²) in [7, 11) is -3.54. The summed E-state index contributed by atoms with van der Waals surface area (Å²) >= 11 is 0. The molecule has 0 aliphatic carbocycles. The average molecular weight is 526 g/mol. The lowest BCUT2D eigenvalue weighted by molar-refractivity contribution is -0.110. The zero-order valence-electron chi connectivity index (χ0n) is 21.2. The lowest BCUT2D eigenvalue weighted by Gasteiger charge is -2.18. The number of pyridine rings is 1. The van der Waals surface area contributed by atoms with Gasteiger partial charge in [-0.05, 0) is 73.0 Å². The molecule has 1 amide bonds. The molecule has 192 valence electrons. The smallest absolute Gasteiger partial charge is 0.354 e. The number of aromatic nitrogens is 1. The second kappa shape index (κ2) is 11.2. The molecule has 0 bridgehead atoms. The maximum Gasteiger partial charge on any atom is 0.361 e. The summed E-state index contributed by atoms with van der Waals surface area (Å²) < 4.78 is 24.6. The fraction of sp³-hybridized carbons (Fsp3) is 0.133. The third kappa shape index (κ3) is 5.18. The third-order valence-corrected chi connectivity index (χ3v) is 8.25. The van der Waals surface area contributed by atoms with Gasteiger partial charge in [0, 0.05) is 29.3 Å². The number of hydrogen-bond acceptors (Lipinski definition) is 6. The summed E-state index contributed by atoms with van der Waals surface area (Å²) in [5, 5.41) is 6.82. The standard InChI is InChI=1S/C30H28N3O4P/c1-3-36-38(35,37-4-2)25-14-15-27-26(20-25)28(30(34)33-27)29(23-8-6-5-7-9-23)32-24-12-10-21(11-13-24)22-16-18-31-19-17-22/h5-20,32H,3-4H2,1-2H3,(H,33,34)/b29-28-. The zero-order valence-corrected chi connectivity index (χ0v) is 22.1. The van der Waals surface area contributed by atoms with Gasteiger partial charge < -0.3 is 19.7 Å². The van der Waals surface area contributed by atoms with Crippen LogP contribution in [0, 0.1) is 0 Å². The molecule has 0 saturated heterocycles. The van der Waals surface area contributed by atoms with Gasteiger partial charge in [0.15, 0.2) is 0 Å². The molecule has 1 aliphatic rings. The minimum absolute atomic E-state index is 0.237. The van der Waals surface area contributed by atoms with Gasteiger partial charge in [-0.15, -0.1) is 0 Å². The average Bonchev–Trinajstić information content (AvgIpc) is 3.28. The van der Waals surface area contributed by atoms with E-state index in [1.807, 2.05) is 66.7 Å². The number of amides is 1. The van der Waals surface area contributed by atoms with Crippen LogP contribution in [0.5, 0.6) is 0 Å². The SMILES string of the molecule is CCOP(=O)(OCC)c1ccc2c(c1)/C(=C(/Nc1ccc(-c3ccncc3)cc1)c1ccccc1)C(=O)N2. The number of nitrogens with zero attached hydrogens (tertiary/aromatic N) is 1. The number of nitrogens with one attached hydrogen (secondary N) is 2. The number of carbonyl (C=O) groups is 1. The lowest BCUT2D eigenvalue weighted by atomic mass is 10.00. The van der Waals surface area contributed by atoms with Crippen molar-refractivity contribution < 1.29 is 18.4 Å². The molecule has 0 atom stereocenters. The first-order valence-electron chi connectivity index (χ1n) is 12.4. The van der Waals surface area contributed by atoms with E-state index in [9.17, 15) is 9.36 Å². The second-order valence-corrected chi connectivity index (χ2v) is 10.6. The zero-order chi connectivity index (χ0) is 26.5. The number of benzene rings is 3. The van der Waals surface area contributed by atoms with Crippen molar-refractivity contribution in [1.82, 2.24) is 4.98 Å². The molecule has 2 heterocycles. The van der Waals surface area contributed by atoms with Gasteiger partial charge in [-0.3, -0.25) is 14.3 Å². The van der Waals surface area contributed by atoms with Crippen molar-refractivity contribution in [2.45, 2.75) is 13.8 Å². The predicted molar refractivity (Wildman–Crippen MR) is 152 cm³/mol. The van der Waals surface area contributed by atoms with Crippen LogP contribution in [0.1, 0.15) is 25.0 Å². The van der Waals surface area contributed by atoms with Crippen LogP contribution in [0.25, 0.3) is 22.4 Å². The van der Waals surface area contributed by atoms with E-state index in [0.29, 0.717) is 27.8 Å². The third-order valence-electron chi connectivity index (χ3n) is 6.14. The van der Waals surface area contributed by atoms with E-state index in [2.05, 4.69) is 15.6 Å². The van der Waals surface area contributed by atoms with E-state index in [-0.39, 0.29) is 19.1 Å². The van der Waals surface area contributed by atoms with Gasteiger partial charge >= 0.3 is 7.60 Å². The molecule has 0 radical (unpaired) electrons. The first-order valence-corrected chi connectivity index (χ1v) is 14.0. The fourth-order valence-corrected chi connectivity index (χ4v) is 6.02. The highest BCUT2D eigenvalue weighted by Crippen LogP contribution is 2.48. The van der Waals surface area contributed by atoms with E-state index in [0.717, 1.165) is 22.4 Å². The van der Waals surface area contributed by atoms with Crippen molar-refractivity contribution in [3.8, 4) is 11.1 Å². The van der Waals surface area contributed by atoms with E-state index in [1.165, 1.54) is 0 Å². The van der Waals surface area contributed by atoms with E-state index in [4.69, 9.17) is 9.05 Å². The Morgan fingerprint density at radius 2 is 1.53 bits per heavy atom. The molecule has 0 fully saturated rings. The molecule has 1 aromatic heterocycles. The van der Waals surface area contributed by atoms with E-state index < -0.39 is 7.60 Å². The Morgan fingerprint density at radius 3 is 2.18 bits per heavy atom. The predicted octanol–water partition coefficient (Wildman–Crippen LogP) is 6.57. The Kier molecular flexibility index (Phi) is 7.52. The maximum absolute atomic E-state index is 13.5. The molecule has 38 heavy (non-hydrogen) atoms. The summed E-state index contributed by atoms with van der Waals surface area (Å²) in [5.74, 6) is -0.250. The molecule has 5 rings (SSSR count). The Bertz CT molecular complexity index is 1510. The van der Waals surface area contributed by atoms with Crippen LogP contribution in [0.2, 0.25) is 0 Å². The molecule has 0 saturated carbocycles. The molecule has 8 heteroatoms. The molecular formula is C30H28N3O4P. The van der Waals surface area contributed by atoms with Crippen molar-refractivity contribution in [2.75, 3.05) is 23.8 Å². The van der Waals surface area contributed by atoms with E-state index in [1.54, 1.807) is 44.4 Å². The Hall–Kier alpha value is -4.03. The highest BCUT2D eigenvalue weighted by Gasteiger charge is 2.33. The number of anilines is 2. The maximum atomic E-state index is 13.5. The number of hydrogen-bond donors (Lipinski definition) is 2. The van der Waals surface area contributed by atoms with Crippen LogP contribution in [-0.4, -0.2) is 24.1 Å². The monoisotopic (exact) mass is 525 g/mol.